The van der Waals surface area contributed by atoms with Gasteiger partial charge in [-0.3, -0.25) is 0 Å². The zero-order valence-electron chi connectivity index (χ0n) is 6.36. The zero-order valence-corrected chi connectivity index (χ0v) is 7.18. The molecule has 0 fully saturated rings. The summed E-state index contributed by atoms with van der Waals surface area (Å²) in [5.41, 5.74) is 0.674. The highest BCUT2D eigenvalue weighted by molar-refractivity contribution is 7.20. The molecule has 66 valence electrons. The molecule has 0 amide bonds. The number of benzene rings is 1. The number of carbonyl (C=O) groups is 1. The third kappa shape index (κ3) is 1.38. The Morgan fingerprint density at radius 2 is 2.23 bits per heavy atom. The second-order valence-corrected chi connectivity index (χ2v) is 3.38. The van der Waals surface area contributed by atoms with E-state index in [2.05, 4.69) is 9.93 Å². The Labute approximate surface area is 76.7 Å². The first-order valence-corrected chi connectivity index (χ1v) is 4.31. The van der Waals surface area contributed by atoms with Gasteiger partial charge < -0.3 is 0 Å². The Balaban J connectivity index is 2.56. The fraction of sp³-hybridized carbons (Fsp3) is 0. The molecule has 5 heteroatoms. The minimum atomic E-state index is -1.04. The van der Waals surface area contributed by atoms with Crippen LogP contribution in [0.3, 0.4) is 0 Å². The molecule has 0 N–H and O–H groups in total. The highest BCUT2D eigenvalue weighted by Crippen LogP contribution is 2.21. The van der Waals surface area contributed by atoms with Crippen LogP contribution in [-0.2, 0) is 4.94 Å². The molecule has 0 saturated heterocycles. The normalized spacial score (nSPS) is 10.2. The average molecular weight is 197 g/mol. The summed E-state index contributed by atoms with van der Waals surface area (Å²) in [6, 6.07) is 7.18. The molecule has 0 saturated carbocycles. The lowest BCUT2D eigenvalue weighted by atomic mass is 10.3. The van der Waals surface area contributed by atoms with Gasteiger partial charge in [0.15, 0.2) is 0 Å². The first kappa shape index (κ1) is 8.12. The number of carbonyl (C=O) groups excluding carboxylic acids is 1. The Kier molecular flexibility index (Phi) is 1.94. The van der Waals surface area contributed by atoms with Crippen molar-refractivity contribution >= 4 is 27.5 Å². The van der Waals surface area contributed by atoms with E-state index in [1.807, 2.05) is 12.1 Å². The molecule has 1 heterocycles. The van der Waals surface area contributed by atoms with Crippen molar-refractivity contribution in [3.8, 4) is 0 Å². The van der Waals surface area contributed by atoms with Crippen molar-refractivity contribution in [1.29, 1.82) is 0 Å². The minimum absolute atomic E-state index is 0.0312. The molecule has 1 aromatic carbocycles. The van der Waals surface area contributed by atoms with E-state index in [1.165, 1.54) is 0 Å². The standard InChI is InChI=1S/C8H4FNO2S/c9-12-8(11)7-10-5-3-1-2-4-6(5)13-7/h1-4H. The first-order chi connectivity index (χ1) is 6.31. The van der Waals surface area contributed by atoms with Crippen molar-refractivity contribution in [2.45, 2.75) is 0 Å². The Hall–Kier alpha value is -1.49. The summed E-state index contributed by atoms with van der Waals surface area (Å²) in [4.78, 5) is 17.7. The molecular formula is C8H4FNO2S. The number of para-hydroxylation sites is 1. The fourth-order valence-corrected chi connectivity index (χ4v) is 1.82. The van der Waals surface area contributed by atoms with Crippen molar-refractivity contribution in [1.82, 2.24) is 4.98 Å². The van der Waals surface area contributed by atoms with Crippen molar-refractivity contribution in [3.63, 3.8) is 0 Å². The zero-order chi connectivity index (χ0) is 9.26. The highest BCUT2D eigenvalue weighted by atomic mass is 32.1. The molecule has 2 rings (SSSR count). The maximum Gasteiger partial charge on any atom is 0.407 e. The fourth-order valence-electron chi connectivity index (χ4n) is 0.993. The topological polar surface area (TPSA) is 39.2 Å². The second-order valence-electron chi connectivity index (χ2n) is 2.35. The predicted molar refractivity (Wildman–Crippen MR) is 46.1 cm³/mol. The summed E-state index contributed by atoms with van der Waals surface area (Å²) in [6.45, 7) is 0. The van der Waals surface area contributed by atoms with Gasteiger partial charge >= 0.3 is 5.97 Å². The average Bonchev–Trinajstić information content (AvgIpc) is 2.59. The van der Waals surface area contributed by atoms with Gasteiger partial charge in [0.05, 0.1) is 10.2 Å². The Bertz CT molecular complexity index is 421. The number of thiazole rings is 1. The largest absolute Gasteiger partial charge is 0.407 e. The molecule has 0 unspecified atom stereocenters. The van der Waals surface area contributed by atoms with Crippen LogP contribution in [0.1, 0.15) is 9.80 Å². The summed E-state index contributed by atoms with van der Waals surface area (Å²) in [5.74, 6) is -1.04. The Morgan fingerprint density at radius 3 is 2.92 bits per heavy atom. The van der Waals surface area contributed by atoms with Gasteiger partial charge in [-0.2, -0.15) is 0 Å². The van der Waals surface area contributed by atoms with Crippen LogP contribution in [0.5, 0.6) is 0 Å². The van der Waals surface area contributed by atoms with Crippen LogP contribution >= 0.6 is 11.3 Å². The summed E-state index contributed by atoms with van der Waals surface area (Å²) >= 11 is 1.10. The van der Waals surface area contributed by atoms with Crippen molar-refractivity contribution in [2.75, 3.05) is 0 Å². The van der Waals surface area contributed by atoms with Gasteiger partial charge in [0.25, 0.3) is 0 Å². The molecule has 0 atom stereocenters. The third-order valence-electron chi connectivity index (χ3n) is 1.54. The van der Waals surface area contributed by atoms with Crippen LogP contribution < -0.4 is 0 Å². The van der Waals surface area contributed by atoms with E-state index in [9.17, 15) is 9.32 Å². The van der Waals surface area contributed by atoms with Crippen LogP contribution in [0.4, 0.5) is 4.53 Å². The number of rotatable bonds is 1. The highest BCUT2D eigenvalue weighted by Gasteiger charge is 2.13. The van der Waals surface area contributed by atoms with Gasteiger partial charge in [-0.25, -0.2) is 14.7 Å². The van der Waals surface area contributed by atoms with Crippen LogP contribution in [0.2, 0.25) is 0 Å². The number of hydrogen-bond donors (Lipinski definition) is 0. The van der Waals surface area contributed by atoms with E-state index in [-0.39, 0.29) is 5.01 Å². The first-order valence-electron chi connectivity index (χ1n) is 3.50. The van der Waals surface area contributed by atoms with Gasteiger partial charge in [-0.15, -0.1) is 11.3 Å². The third-order valence-corrected chi connectivity index (χ3v) is 2.56. The molecule has 13 heavy (non-hydrogen) atoms. The number of hydrogen-bond acceptors (Lipinski definition) is 4. The van der Waals surface area contributed by atoms with E-state index in [4.69, 9.17) is 0 Å². The number of nitrogens with zero attached hydrogens (tertiary/aromatic N) is 1. The maximum absolute atomic E-state index is 11.5. The van der Waals surface area contributed by atoms with Gasteiger partial charge in [0, 0.05) is 4.53 Å². The van der Waals surface area contributed by atoms with Gasteiger partial charge in [0.1, 0.15) is 0 Å². The van der Waals surface area contributed by atoms with E-state index >= 15 is 0 Å². The maximum atomic E-state index is 11.5. The SMILES string of the molecule is O=C(OF)c1nc2ccccc2s1. The predicted octanol–water partition coefficient (Wildman–Crippen LogP) is 2.34. The Morgan fingerprint density at radius 1 is 1.46 bits per heavy atom. The smallest absolute Gasteiger partial charge is 0.247 e. The van der Waals surface area contributed by atoms with Crippen molar-refractivity contribution in [3.05, 3.63) is 29.3 Å². The summed E-state index contributed by atoms with van der Waals surface area (Å²) in [7, 11) is 0. The molecular weight excluding hydrogens is 193 g/mol. The monoisotopic (exact) mass is 197 g/mol. The quantitative estimate of drug-likeness (QED) is 0.704. The van der Waals surface area contributed by atoms with Crippen LogP contribution in [0.15, 0.2) is 24.3 Å². The minimum Gasteiger partial charge on any atom is -0.247 e. The number of halogens is 1. The molecule has 2 aromatic rings. The van der Waals surface area contributed by atoms with Crippen LogP contribution in [0, 0.1) is 0 Å². The number of aromatic nitrogens is 1. The lowest BCUT2D eigenvalue weighted by Crippen LogP contribution is -1.96. The summed E-state index contributed by atoms with van der Waals surface area (Å²) < 4.78 is 12.4. The molecule has 0 aliphatic rings. The molecule has 0 aliphatic carbocycles. The lowest BCUT2D eigenvalue weighted by molar-refractivity contribution is -0.0787. The van der Waals surface area contributed by atoms with E-state index < -0.39 is 5.97 Å². The van der Waals surface area contributed by atoms with Crippen molar-refractivity contribution < 1.29 is 14.3 Å². The van der Waals surface area contributed by atoms with Gasteiger partial charge in [-0.1, -0.05) is 12.1 Å². The molecule has 1 aromatic heterocycles. The summed E-state index contributed by atoms with van der Waals surface area (Å²) in [5, 5.41) is 0.0312. The van der Waals surface area contributed by atoms with E-state index in [1.54, 1.807) is 12.1 Å². The van der Waals surface area contributed by atoms with Gasteiger partial charge in [-0.05, 0) is 12.1 Å². The van der Waals surface area contributed by atoms with Gasteiger partial charge in [0.2, 0.25) is 5.01 Å². The van der Waals surface area contributed by atoms with E-state index in [0.29, 0.717) is 5.52 Å². The molecule has 0 radical (unpaired) electrons. The van der Waals surface area contributed by atoms with Crippen molar-refractivity contribution in [2.24, 2.45) is 0 Å². The molecule has 0 bridgehead atoms. The molecule has 0 aliphatic heterocycles. The summed E-state index contributed by atoms with van der Waals surface area (Å²) in [6.07, 6.45) is 0. The number of fused-ring (bicyclic) bond motifs is 1. The molecule has 0 spiro atoms. The molecule has 3 nitrogen and oxygen atoms in total. The van der Waals surface area contributed by atoms with E-state index in [0.717, 1.165) is 16.0 Å². The van der Waals surface area contributed by atoms with Crippen LogP contribution in [-0.4, -0.2) is 11.0 Å². The second kappa shape index (κ2) is 3.10. The lowest BCUT2D eigenvalue weighted by Gasteiger charge is -1.83. The van der Waals surface area contributed by atoms with Crippen LogP contribution in [0.25, 0.3) is 10.2 Å².